The SMILES string of the molecule is CC.COc1cc2c(cc1OC)CN(c1ncnc3ccc(-c4cnc5c(c4)nc(C)n5COCCS(C)(C)C)nc13)CC2. The van der Waals surface area contributed by atoms with Crippen molar-refractivity contribution >= 4 is 38.0 Å². The zero-order valence-electron chi connectivity index (χ0n) is 27.0. The number of aryl methyl sites for hydroxylation is 1. The van der Waals surface area contributed by atoms with Crippen LogP contribution in [0.5, 0.6) is 11.5 Å². The third kappa shape index (κ3) is 6.58. The van der Waals surface area contributed by atoms with Crippen LogP contribution in [0.15, 0.2) is 42.9 Å². The third-order valence-corrected chi connectivity index (χ3v) is 9.00. The van der Waals surface area contributed by atoms with Gasteiger partial charge < -0.3 is 19.1 Å². The predicted molar refractivity (Wildman–Crippen MR) is 180 cm³/mol. The average Bonchev–Trinajstić information content (AvgIpc) is 3.35. The summed E-state index contributed by atoms with van der Waals surface area (Å²) in [6.45, 7) is 8.66. The molecule has 0 saturated carbocycles. The highest BCUT2D eigenvalue weighted by atomic mass is 32.3. The van der Waals surface area contributed by atoms with Gasteiger partial charge in [-0.2, -0.15) is 0 Å². The number of rotatable bonds is 9. The van der Waals surface area contributed by atoms with E-state index in [1.807, 2.05) is 49.7 Å². The quantitative estimate of drug-likeness (QED) is 0.184. The highest BCUT2D eigenvalue weighted by Gasteiger charge is 2.23. The van der Waals surface area contributed by atoms with E-state index in [1.165, 1.54) is 11.1 Å². The molecule has 0 bridgehead atoms. The molecule has 0 atom stereocenters. The van der Waals surface area contributed by atoms with Crippen LogP contribution in [-0.4, -0.2) is 81.4 Å². The molecule has 1 aliphatic heterocycles. The average molecular weight is 618 g/mol. The van der Waals surface area contributed by atoms with Gasteiger partial charge in [-0.1, -0.05) is 13.8 Å². The maximum Gasteiger partial charge on any atom is 0.161 e. The minimum Gasteiger partial charge on any atom is -0.493 e. The lowest BCUT2D eigenvalue weighted by Gasteiger charge is -2.30. The van der Waals surface area contributed by atoms with Crippen LogP contribution >= 0.6 is 10.0 Å². The van der Waals surface area contributed by atoms with Crippen molar-refractivity contribution in [3.05, 3.63) is 59.8 Å². The van der Waals surface area contributed by atoms with Crippen LogP contribution in [0.4, 0.5) is 5.82 Å². The summed E-state index contributed by atoms with van der Waals surface area (Å²) in [6.07, 6.45) is 11.2. The van der Waals surface area contributed by atoms with Crippen LogP contribution in [0.3, 0.4) is 0 Å². The number of imidazole rings is 1. The van der Waals surface area contributed by atoms with E-state index in [0.717, 1.165) is 81.9 Å². The van der Waals surface area contributed by atoms with Gasteiger partial charge in [0.05, 0.1) is 32.0 Å². The summed E-state index contributed by atoms with van der Waals surface area (Å²) in [5.41, 5.74) is 7.31. The molecule has 4 aromatic heterocycles. The molecule has 0 unspecified atom stereocenters. The maximum atomic E-state index is 5.98. The molecule has 5 aromatic rings. The van der Waals surface area contributed by atoms with Gasteiger partial charge in [-0.15, -0.1) is 0 Å². The second kappa shape index (κ2) is 13.4. The number of pyridine rings is 2. The molecular weight excluding hydrogens is 574 g/mol. The van der Waals surface area contributed by atoms with Gasteiger partial charge in [0.15, 0.2) is 23.0 Å². The van der Waals surface area contributed by atoms with Gasteiger partial charge in [0.2, 0.25) is 0 Å². The highest BCUT2D eigenvalue weighted by Crippen LogP contribution is 2.36. The Kier molecular flexibility index (Phi) is 9.55. The summed E-state index contributed by atoms with van der Waals surface area (Å²) in [7, 11) is 2.74. The van der Waals surface area contributed by atoms with E-state index >= 15 is 0 Å². The van der Waals surface area contributed by atoms with Gasteiger partial charge in [0.25, 0.3) is 0 Å². The van der Waals surface area contributed by atoms with E-state index in [9.17, 15) is 0 Å². The molecule has 0 aliphatic carbocycles. The van der Waals surface area contributed by atoms with E-state index in [0.29, 0.717) is 13.3 Å². The fourth-order valence-corrected chi connectivity index (χ4v) is 5.88. The van der Waals surface area contributed by atoms with E-state index < -0.39 is 10.0 Å². The molecule has 0 amide bonds. The summed E-state index contributed by atoms with van der Waals surface area (Å²) in [6, 6.07) is 10.1. The van der Waals surface area contributed by atoms with Crippen molar-refractivity contribution in [3.8, 4) is 22.8 Å². The molecule has 0 spiro atoms. The predicted octanol–water partition coefficient (Wildman–Crippen LogP) is 6.02. The molecule has 0 radical (unpaired) electrons. The summed E-state index contributed by atoms with van der Waals surface area (Å²) in [4.78, 5) is 26.0. The first-order chi connectivity index (χ1) is 21.2. The first-order valence-electron chi connectivity index (χ1n) is 14.9. The monoisotopic (exact) mass is 617 g/mol. The van der Waals surface area contributed by atoms with Gasteiger partial charge in [-0.3, -0.25) is 4.57 Å². The van der Waals surface area contributed by atoms with E-state index in [-0.39, 0.29) is 0 Å². The number of hydrogen-bond donors (Lipinski definition) is 0. The maximum absolute atomic E-state index is 5.98. The zero-order chi connectivity index (χ0) is 31.4. The molecule has 0 fully saturated rings. The van der Waals surface area contributed by atoms with Crippen LogP contribution in [0.25, 0.3) is 33.5 Å². The Morgan fingerprint density at radius 3 is 2.36 bits per heavy atom. The van der Waals surface area contributed by atoms with Crippen LogP contribution in [0.2, 0.25) is 0 Å². The number of benzene rings is 1. The second-order valence-corrected chi connectivity index (χ2v) is 16.0. The topological polar surface area (TPSA) is 100 Å². The summed E-state index contributed by atoms with van der Waals surface area (Å²) < 4.78 is 19.1. The lowest BCUT2D eigenvalue weighted by Crippen LogP contribution is -2.31. The van der Waals surface area contributed by atoms with E-state index in [2.05, 4.69) is 45.8 Å². The molecule has 10 nitrogen and oxygen atoms in total. The van der Waals surface area contributed by atoms with Crippen LogP contribution in [0, 0.1) is 6.92 Å². The molecule has 44 heavy (non-hydrogen) atoms. The fourth-order valence-electron chi connectivity index (χ4n) is 5.27. The van der Waals surface area contributed by atoms with Crippen molar-refractivity contribution in [2.75, 3.05) is 56.8 Å². The van der Waals surface area contributed by atoms with Gasteiger partial charge in [0, 0.05) is 30.6 Å². The second-order valence-electron chi connectivity index (χ2n) is 11.4. The summed E-state index contributed by atoms with van der Waals surface area (Å²) in [5, 5.41) is 0. The van der Waals surface area contributed by atoms with Gasteiger partial charge in [0.1, 0.15) is 29.9 Å². The molecule has 234 valence electrons. The number of anilines is 1. The third-order valence-electron chi connectivity index (χ3n) is 7.61. The van der Waals surface area contributed by atoms with Crippen LogP contribution < -0.4 is 14.4 Å². The first-order valence-corrected chi connectivity index (χ1v) is 17.9. The number of hydrogen-bond acceptors (Lipinski definition) is 9. The Balaban J connectivity index is 0.00000188. The standard InChI is InChI=1S/C31H37N7O3S.C2H6/c1-20-35-26-13-22(16-32-30(26)38(20)19-41-11-12-42(4,5)6)24-7-8-25-29(36-24)31(34-18-33-25)37-10-9-21-14-27(39-2)28(40-3)15-23(21)17-37;1-2/h7-8,13-16,18H,9-12,17,19H2,1-6H3;1-2H3. The van der Waals surface area contributed by atoms with Crippen molar-refractivity contribution in [2.45, 2.75) is 40.5 Å². The lowest BCUT2D eigenvalue weighted by atomic mass is 9.98. The minimum absolute atomic E-state index is 0.441. The fraction of sp³-hybridized carbons (Fsp3) is 0.424. The lowest BCUT2D eigenvalue weighted by molar-refractivity contribution is 0.0906. The smallest absolute Gasteiger partial charge is 0.161 e. The Morgan fingerprint density at radius 1 is 0.886 bits per heavy atom. The number of aromatic nitrogens is 6. The van der Waals surface area contributed by atoms with Gasteiger partial charge >= 0.3 is 0 Å². The van der Waals surface area contributed by atoms with Crippen molar-refractivity contribution in [1.29, 1.82) is 0 Å². The summed E-state index contributed by atoms with van der Waals surface area (Å²) in [5.74, 6) is 4.24. The largest absolute Gasteiger partial charge is 0.493 e. The zero-order valence-corrected chi connectivity index (χ0v) is 27.9. The molecule has 11 heteroatoms. The van der Waals surface area contributed by atoms with Crippen LogP contribution in [0.1, 0.15) is 30.8 Å². The highest BCUT2D eigenvalue weighted by molar-refractivity contribution is 8.32. The van der Waals surface area contributed by atoms with Crippen molar-refractivity contribution in [3.63, 3.8) is 0 Å². The van der Waals surface area contributed by atoms with E-state index in [1.54, 1.807) is 20.5 Å². The normalized spacial score (nSPS) is 13.4. The Hall–Kier alpha value is -3.96. The van der Waals surface area contributed by atoms with Gasteiger partial charge in [-0.05, 0) is 73.6 Å². The molecule has 5 heterocycles. The van der Waals surface area contributed by atoms with E-state index in [4.69, 9.17) is 29.2 Å². The number of ether oxygens (including phenoxy) is 3. The number of fused-ring (bicyclic) bond motifs is 3. The molecule has 1 aromatic carbocycles. The Bertz CT molecular complexity index is 1770. The molecule has 1 aliphatic rings. The van der Waals surface area contributed by atoms with Crippen LogP contribution in [-0.2, 0) is 24.4 Å². The van der Waals surface area contributed by atoms with Crippen molar-refractivity contribution in [2.24, 2.45) is 0 Å². The Morgan fingerprint density at radius 2 is 1.64 bits per heavy atom. The van der Waals surface area contributed by atoms with Crippen molar-refractivity contribution in [1.82, 2.24) is 29.5 Å². The number of nitrogens with zero attached hydrogens (tertiary/aromatic N) is 7. The minimum atomic E-state index is -0.593. The van der Waals surface area contributed by atoms with Crippen molar-refractivity contribution < 1.29 is 14.2 Å². The number of methoxy groups -OCH3 is 2. The molecule has 0 saturated heterocycles. The molecule has 0 N–H and O–H groups in total. The summed E-state index contributed by atoms with van der Waals surface area (Å²) >= 11 is 0. The molecule has 6 rings (SSSR count). The Labute approximate surface area is 261 Å². The first kappa shape index (κ1) is 31.5. The van der Waals surface area contributed by atoms with Gasteiger partial charge in [-0.25, -0.2) is 34.9 Å². The molecular formula is C33H43N7O3S.